The first-order valence-electron chi connectivity index (χ1n) is 6.43. The Balaban J connectivity index is 1.74. The van der Waals surface area contributed by atoms with E-state index in [0.29, 0.717) is 10.8 Å². The topological polar surface area (TPSA) is 24.1 Å². The number of hydrogen-bond donors (Lipinski definition) is 2. The van der Waals surface area contributed by atoms with E-state index in [0.717, 1.165) is 6.04 Å². The van der Waals surface area contributed by atoms with Crippen LogP contribution in [0.15, 0.2) is 0 Å². The summed E-state index contributed by atoms with van der Waals surface area (Å²) in [7, 11) is 0. The Morgan fingerprint density at radius 3 is 2.60 bits per heavy atom. The summed E-state index contributed by atoms with van der Waals surface area (Å²) in [5.74, 6) is 0. The van der Waals surface area contributed by atoms with E-state index in [-0.39, 0.29) is 0 Å². The van der Waals surface area contributed by atoms with Crippen LogP contribution in [0, 0.1) is 10.8 Å². The lowest BCUT2D eigenvalue weighted by molar-refractivity contribution is 0.305. The van der Waals surface area contributed by atoms with Gasteiger partial charge in [0.2, 0.25) is 0 Å². The molecule has 2 aliphatic rings. The highest BCUT2D eigenvalue weighted by atomic mass is 15.0. The largest absolute Gasteiger partial charge is 0.316 e. The van der Waals surface area contributed by atoms with Crippen molar-refractivity contribution >= 4 is 0 Å². The maximum Gasteiger partial charge on any atom is 0.00725 e. The van der Waals surface area contributed by atoms with Crippen molar-refractivity contribution < 1.29 is 0 Å². The molecule has 0 bridgehead atoms. The highest BCUT2D eigenvalue weighted by Crippen LogP contribution is 2.37. The molecule has 1 aliphatic heterocycles. The summed E-state index contributed by atoms with van der Waals surface area (Å²) >= 11 is 0. The standard InChI is InChI=1S/C13H26N2/c1-12(2)5-4-11(8-12)15-10-13(3)6-7-14-9-13/h11,14-15H,4-10H2,1-3H3. The third kappa shape index (κ3) is 2.94. The van der Waals surface area contributed by atoms with Crippen LogP contribution < -0.4 is 10.6 Å². The lowest BCUT2D eigenvalue weighted by Gasteiger charge is -2.26. The zero-order chi connectivity index (χ0) is 10.9. The predicted molar refractivity (Wildman–Crippen MR) is 65.0 cm³/mol. The fraction of sp³-hybridized carbons (Fsp3) is 1.00. The SMILES string of the molecule is CC1(C)CCC(NCC2(C)CCNC2)C1. The zero-order valence-corrected chi connectivity index (χ0v) is 10.5. The van der Waals surface area contributed by atoms with Crippen molar-refractivity contribution in [3.8, 4) is 0 Å². The van der Waals surface area contributed by atoms with Crippen molar-refractivity contribution in [2.75, 3.05) is 19.6 Å². The third-order valence-corrected chi connectivity index (χ3v) is 4.24. The highest BCUT2D eigenvalue weighted by molar-refractivity contribution is 4.90. The minimum atomic E-state index is 0.507. The monoisotopic (exact) mass is 210 g/mol. The van der Waals surface area contributed by atoms with Crippen molar-refractivity contribution in [2.24, 2.45) is 10.8 Å². The van der Waals surface area contributed by atoms with E-state index in [9.17, 15) is 0 Å². The molecule has 1 saturated heterocycles. The molecule has 1 heterocycles. The second-order valence-corrected chi connectivity index (χ2v) is 6.72. The van der Waals surface area contributed by atoms with Gasteiger partial charge in [-0.2, -0.15) is 0 Å². The minimum Gasteiger partial charge on any atom is -0.316 e. The first-order valence-corrected chi connectivity index (χ1v) is 6.43. The Bertz CT molecular complexity index is 217. The van der Waals surface area contributed by atoms with Crippen molar-refractivity contribution in [3.63, 3.8) is 0 Å². The van der Waals surface area contributed by atoms with Crippen LogP contribution >= 0.6 is 0 Å². The lowest BCUT2D eigenvalue weighted by Crippen LogP contribution is -2.38. The minimum absolute atomic E-state index is 0.507. The summed E-state index contributed by atoms with van der Waals surface area (Å²) in [5.41, 5.74) is 1.08. The van der Waals surface area contributed by atoms with Gasteiger partial charge in [0.25, 0.3) is 0 Å². The molecule has 2 heteroatoms. The number of nitrogens with one attached hydrogen (secondary N) is 2. The van der Waals surface area contributed by atoms with Crippen molar-refractivity contribution in [3.05, 3.63) is 0 Å². The Morgan fingerprint density at radius 2 is 2.07 bits per heavy atom. The van der Waals surface area contributed by atoms with E-state index in [4.69, 9.17) is 0 Å². The van der Waals surface area contributed by atoms with E-state index >= 15 is 0 Å². The van der Waals surface area contributed by atoms with E-state index < -0.39 is 0 Å². The third-order valence-electron chi connectivity index (χ3n) is 4.24. The molecule has 0 aromatic rings. The Morgan fingerprint density at radius 1 is 1.27 bits per heavy atom. The van der Waals surface area contributed by atoms with Crippen LogP contribution in [0.2, 0.25) is 0 Å². The molecule has 2 nitrogen and oxygen atoms in total. The maximum absolute atomic E-state index is 3.78. The number of rotatable bonds is 3. The molecule has 0 aromatic heterocycles. The van der Waals surface area contributed by atoms with Crippen molar-refractivity contribution in [1.82, 2.24) is 10.6 Å². The smallest absolute Gasteiger partial charge is 0.00725 e. The average Bonchev–Trinajstić information content (AvgIpc) is 2.70. The number of hydrogen-bond acceptors (Lipinski definition) is 2. The Hall–Kier alpha value is -0.0800. The van der Waals surface area contributed by atoms with Crippen LogP contribution in [0.1, 0.15) is 46.5 Å². The molecule has 2 fully saturated rings. The van der Waals surface area contributed by atoms with Gasteiger partial charge in [0.05, 0.1) is 0 Å². The van der Waals surface area contributed by atoms with Gasteiger partial charge in [0.15, 0.2) is 0 Å². The van der Waals surface area contributed by atoms with Crippen molar-refractivity contribution in [2.45, 2.75) is 52.5 Å². The van der Waals surface area contributed by atoms with Crippen LogP contribution in [0.3, 0.4) is 0 Å². The van der Waals surface area contributed by atoms with E-state index in [1.54, 1.807) is 0 Å². The fourth-order valence-electron chi connectivity index (χ4n) is 3.02. The Kier molecular flexibility index (Phi) is 3.09. The van der Waals surface area contributed by atoms with Gasteiger partial charge in [-0.05, 0) is 43.1 Å². The molecule has 0 amide bonds. The first kappa shape index (κ1) is 11.4. The molecule has 15 heavy (non-hydrogen) atoms. The van der Waals surface area contributed by atoms with Crippen LogP contribution in [-0.2, 0) is 0 Å². The molecule has 0 spiro atoms. The quantitative estimate of drug-likeness (QED) is 0.746. The summed E-state index contributed by atoms with van der Waals surface area (Å²) in [5, 5.41) is 7.24. The summed E-state index contributed by atoms with van der Waals surface area (Å²) < 4.78 is 0. The van der Waals surface area contributed by atoms with Gasteiger partial charge in [-0.15, -0.1) is 0 Å². The molecule has 0 radical (unpaired) electrons. The second kappa shape index (κ2) is 4.06. The molecular formula is C13H26N2. The summed E-state index contributed by atoms with van der Waals surface area (Å²) in [6.45, 7) is 10.8. The molecule has 0 aromatic carbocycles. The second-order valence-electron chi connectivity index (χ2n) is 6.72. The first-order chi connectivity index (χ1) is 6.99. The molecule has 2 atom stereocenters. The van der Waals surface area contributed by atoms with E-state index in [1.165, 1.54) is 45.3 Å². The molecule has 2 rings (SSSR count). The summed E-state index contributed by atoms with van der Waals surface area (Å²) in [6, 6.07) is 0.775. The van der Waals surface area contributed by atoms with Crippen molar-refractivity contribution in [1.29, 1.82) is 0 Å². The van der Waals surface area contributed by atoms with Crippen LogP contribution in [-0.4, -0.2) is 25.7 Å². The van der Waals surface area contributed by atoms with Gasteiger partial charge in [-0.1, -0.05) is 20.8 Å². The zero-order valence-electron chi connectivity index (χ0n) is 10.5. The summed E-state index contributed by atoms with van der Waals surface area (Å²) in [6.07, 6.45) is 5.45. The Labute approximate surface area is 94.2 Å². The summed E-state index contributed by atoms with van der Waals surface area (Å²) in [4.78, 5) is 0. The normalized spacial score (nSPS) is 39.8. The van der Waals surface area contributed by atoms with Gasteiger partial charge < -0.3 is 10.6 Å². The highest BCUT2D eigenvalue weighted by Gasteiger charge is 2.33. The maximum atomic E-state index is 3.78. The fourth-order valence-corrected chi connectivity index (χ4v) is 3.02. The van der Waals surface area contributed by atoms with E-state index in [2.05, 4.69) is 31.4 Å². The van der Waals surface area contributed by atoms with Crippen LogP contribution in [0.4, 0.5) is 0 Å². The molecular weight excluding hydrogens is 184 g/mol. The van der Waals surface area contributed by atoms with Gasteiger partial charge in [-0.3, -0.25) is 0 Å². The average molecular weight is 210 g/mol. The van der Waals surface area contributed by atoms with Gasteiger partial charge in [-0.25, -0.2) is 0 Å². The van der Waals surface area contributed by atoms with Crippen LogP contribution in [0.25, 0.3) is 0 Å². The molecule has 1 aliphatic carbocycles. The lowest BCUT2D eigenvalue weighted by atomic mass is 9.89. The van der Waals surface area contributed by atoms with Gasteiger partial charge >= 0.3 is 0 Å². The van der Waals surface area contributed by atoms with Gasteiger partial charge in [0, 0.05) is 19.1 Å². The van der Waals surface area contributed by atoms with Crippen LogP contribution in [0.5, 0.6) is 0 Å². The molecule has 88 valence electrons. The predicted octanol–water partition coefficient (Wildman–Crippen LogP) is 2.15. The molecule has 2 N–H and O–H groups in total. The molecule has 2 unspecified atom stereocenters. The van der Waals surface area contributed by atoms with Gasteiger partial charge in [0.1, 0.15) is 0 Å². The van der Waals surface area contributed by atoms with E-state index in [1.807, 2.05) is 0 Å². The molecule has 1 saturated carbocycles.